The third-order valence-electron chi connectivity index (χ3n) is 7.50. The van der Waals surface area contributed by atoms with Gasteiger partial charge in [0, 0.05) is 45.2 Å². The summed E-state index contributed by atoms with van der Waals surface area (Å²) in [5.74, 6) is 0.544. The van der Waals surface area contributed by atoms with Crippen molar-refractivity contribution < 1.29 is 22.7 Å². The van der Waals surface area contributed by atoms with Crippen molar-refractivity contribution in [3.63, 3.8) is 0 Å². The van der Waals surface area contributed by atoms with Crippen LogP contribution in [0.2, 0.25) is 0 Å². The molecule has 4 rings (SSSR count). The molecule has 2 amide bonds. The van der Waals surface area contributed by atoms with Crippen LogP contribution in [0.4, 0.5) is 0 Å². The maximum absolute atomic E-state index is 13.3. The first-order chi connectivity index (χ1) is 16.4. The second-order valence-corrected chi connectivity index (χ2v) is 11.7. The van der Waals surface area contributed by atoms with Gasteiger partial charge in [-0.1, -0.05) is 12.8 Å². The maximum atomic E-state index is 13.3. The van der Waals surface area contributed by atoms with Gasteiger partial charge in [-0.15, -0.1) is 0 Å². The normalized spacial score (nSPS) is 23.4. The molecule has 0 radical (unpaired) electrons. The minimum absolute atomic E-state index is 0.000420. The van der Waals surface area contributed by atoms with Crippen molar-refractivity contribution in [3.8, 4) is 5.75 Å². The van der Waals surface area contributed by atoms with Gasteiger partial charge in [-0.3, -0.25) is 9.59 Å². The molecule has 188 valence electrons. The Kier molecular flexibility index (Phi) is 8.14. The molecule has 0 N–H and O–H groups in total. The van der Waals surface area contributed by atoms with Crippen LogP contribution in [0, 0.1) is 11.8 Å². The molecule has 0 aliphatic carbocycles. The number of benzene rings is 1. The summed E-state index contributed by atoms with van der Waals surface area (Å²) in [6.45, 7) is 3.50. The standard InChI is InChI=1S/C25H37N3O5S/c1-33-22-8-10-23(11-9-22)34(31,32)28-16-6-7-21(19-28)25(30)27-17-12-20(13-18-27)24(29)26-14-4-2-3-5-15-26/h8-11,20-21H,2-7,12-19H2,1H3/t21-/m1/s1. The number of ether oxygens (including phenoxy) is 1. The van der Waals surface area contributed by atoms with Gasteiger partial charge in [-0.05, 0) is 62.8 Å². The Morgan fingerprint density at radius 3 is 1.97 bits per heavy atom. The van der Waals surface area contributed by atoms with Crippen molar-refractivity contribution in [1.29, 1.82) is 0 Å². The highest BCUT2D eigenvalue weighted by Crippen LogP contribution is 2.28. The highest BCUT2D eigenvalue weighted by Gasteiger charge is 2.37. The second kappa shape index (κ2) is 11.1. The Morgan fingerprint density at radius 1 is 0.765 bits per heavy atom. The number of sulfonamides is 1. The molecule has 0 unspecified atom stereocenters. The number of hydrogen-bond donors (Lipinski definition) is 0. The fourth-order valence-corrected chi connectivity index (χ4v) is 6.94. The van der Waals surface area contributed by atoms with Crippen molar-refractivity contribution in [1.82, 2.24) is 14.1 Å². The summed E-state index contributed by atoms with van der Waals surface area (Å²) in [7, 11) is -2.12. The maximum Gasteiger partial charge on any atom is 0.243 e. The topological polar surface area (TPSA) is 87.2 Å². The third-order valence-corrected chi connectivity index (χ3v) is 9.38. The summed E-state index contributed by atoms with van der Waals surface area (Å²) in [4.78, 5) is 30.3. The van der Waals surface area contributed by atoms with Gasteiger partial charge in [0.2, 0.25) is 21.8 Å². The molecule has 8 nitrogen and oxygen atoms in total. The molecule has 3 saturated heterocycles. The van der Waals surface area contributed by atoms with E-state index in [1.807, 2.05) is 9.80 Å². The summed E-state index contributed by atoms with van der Waals surface area (Å²) >= 11 is 0. The van der Waals surface area contributed by atoms with E-state index in [1.165, 1.54) is 24.3 Å². The molecule has 3 aliphatic rings. The van der Waals surface area contributed by atoms with E-state index in [4.69, 9.17) is 4.74 Å². The number of nitrogens with zero attached hydrogens (tertiary/aromatic N) is 3. The van der Waals surface area contributed by atoms with Crippen LogP contribution < -0.4 is 4.74 Å². The molecule has 0 bridgehead atoms. The smallest absolute Gasteiger partial charge is 0.243 e. The minimum Gasteiger partial charge on any atom is -0.497 e. The average Bonchev–Trinajstić information content (AvgIpc) is 3.18. The largest absolute Gasteiger partial charge is 0.497 e. The van der Waals surface area contributed by atoms with E-state index < -0.39 is 10.0 Å². The lowest BCUT2D eigenvalue weighted by molar-refractivity contribution is -0.143. The van der Waals surface area contributed by atoms with E-state index in [9.17, 15) is 18.0 Å². The van der Waals surface area contributed by atoms with Crippen LogP contribution in [-0.4, -0.2) is 80.7 Å². The highest BCUT2D eigenvalue weighted by atomic mass is 32.2. The molecule has 0 spiro atoms. The second-order valence-electron chi connectivity index (χ2n) is 9.72. The number of likely N-dealkylation sites (tertiary alicyclic amines) is 2. The molecule has 34 heavy (non-hydrogen) atoms. The molecule has 3 fully saturated rings. The lowest BCUT2D eigenvalue weighted by atomic mass is 9.92. The fourth-order valence-electron chi connectivity index (χ4n) is 5.41. The summed E-state index contributed by atoms with van der Waals surface area (Å²) in [6, 6.07) is 6.37. The number of carbonyl (C=O) groups is 2. The first-order valence-corrected chi connectivity index (χ1v) is 14.1. The first-order valence-electron chi connectivity index (χ1n) is 12.6. The van der Waals surface area contributed by atoms with Gasteiger partial charge < -0.3 is 14.5 Å². The molecule has 3 heterocycles. The molecule has 1 atom stereocenters. The molecular weight excluding hydrogens is 454 g/mol. The van der Waals surface area contributed by atoms with Crippen LogP contribution in [0.15, 0.2) is 29.2 Å². The van der Waals surface area contributed by atoms with Crippen molar-refractivity contribution in [2.45, 2.75) is 56.3 Å². The summed E-state index contributed by atoms with van der Waals surface area (Å²) in [6.07, 6.45) is 7.31. The minimum atomic E-state index is -3.66. The van der Waals surface area contributed by atoms with Gasteiger partial charge in [0.25, 0.3) is 0 Å². The van der Waals surface area contributed by atoms with Crippen LogP contribution in [-0.2, 0) is 19.6 Å². The van der Waals surface area contributed by atoms with Crippen LogP contribution in [0.25, 0.3) is 0 Å². The predicted octanol–water partition coefficient (Wildman–Crippen LogP) is 2.74. The Bertz CT molecular complexity index is 949. The number of carbonyl (C=O) groups excluding carboxylic acids is 2. The Labute approximate surface area is 203 Å². The molecule has 1 aromatic rings. The lowest BCUT2D eigenvalue weighted by Crippen LogP contribution is -2.50. The van der Waals surface area contributed by atoms with Crippen molar-refractivity contribution >= 4 is 21.8 Å². The van der Waals surface area contributed by atoms with E-state index in [0.717, 1.165) is 25.9 Å². The van der Waals surface area contributed by atoms with Gasteiger partial charge in [0.05, 0.1) is 17.9 Å². The van der Waals surface area contributed by atoms with Gasteiger partial charge in [0.15, 0.2) is 0 Å². The SMILES string of the molecule is COc1ccc(S(=O)(=O)N2CCC[C@@H](C(=O)N3CCC(C(=O)N4CCCCCC4)CC3)C2)cc1. The van der Waals surface area contributed by atoms with E-state index in [-0.39, 0.29) is 35.1 Å². The molecule has 0 aromatic heterocycles. The predicted molar refractivity (Wildman–Crippen MR) is 129 cm³/mol. The fraction of sp³-hybridized carbons (Fsp3) is 0.680. The number of rotatable bonds is 5. The highest BCUT2D eigenvalue weighted by molar-refractivity contribution is 7.89. The van der Waals surface area contributed by atoms with Gasteiger partial charge in [-0.25, -0.2) is 8.42 Å². The van der Waals surface area contributed by atoms with E-state index in [0.29, 0.717) is 51.1 Å². The van der Waals surface area contributed by atoms with Crippen LogP contribution in [0.1, 0.15) is 51.4 Å². The summed E-state index contributed by atoms with van der Waals surface area (Å²) < 4.78 is 32.8. The van der Waals surface area contributed by atoms with Crippen LogP contribution >= 0.6 is 0 Å². The van der Waals surface area contributed by atoms with Gasteiger partial charge >= 0.3 is 0 Å². The number of piperidine rings is 2. The lowest BCUT2D eigenvalue weighted by Gasteiger charge is -2.38. The van der Waals surface area contributed by atoms with E-state index >= 15 is 0 Å². The first kappa shape index (κ1) is 25.0. The van der Waals surface area contributed by atoms with Crippen LogP contribution in [0.5, 0.6) is 5.75 Å². The molecular formula is C25H37N3O5S. The number of hydrogen-bond acceptors (Lipinski definition) is 5. The Hall–Kier alpha value is -2.13. The zero-order valence-electron chi connectivity index (χ0n) is 20.2. The molecule has 1 aromatic carbocycles. The summed E-state index contributed by atoms with van der Waals surface area (Å²) in [5, 5.41) is 0. The number of amides is 2. The van der Waals surface area contributed by atoms with Gasteiger partial charge in [0.1, 0.15) is 5.75 Å². The van der Waals surface area contributed by atoms with E-state index in [2.05, 4.69) is 0 Å². The zero-order valence-corrected chi connectivity index (χ0v) is 21.0. The third kappa shape index (κ3) is 5.57. The van der Waals surface area contributed by atoms with Crippen molar-refractivity contribution in [2.75, 3.05) is 46.4 Å². The Morgan fingerprint density at radius 2 is 1.35 bits per heavy atom. The van der Waals surface area contributed by atoms with Crippen molar-refractivity contribution in [2.24, 2.45) is 11.8 Å². The monoisotopic (exact) mass is 491 g/mol. The number of methoxy groups -OCH3 is 1. The van der Waals surface area contributed by atoms with E-state index in [1.54, 1.807) is 24.3 Å². The van der Waals surface area contributed by atoms with Crippen molar-refractivity contribution in [3.05, 3.63) is 24.3 Å². The van der Waals surface area contributed by atoms with Gasteiger partial charge in [-0.2, -0.15) is 4.31 Å². The average molecular weight is 492 g/mol. The molecule has 9 heteroatoms. The molecule has 0 saturated carbocycles. The summed E-state index contributed by atoms with van der Waals surface area (Å²) in [5.41, 5.74) is 0. The Balaban J connectivity index is 1.33. The zero-order chi connectivity index (χ0) is 24.1. The quantitative estimate of drug-likeness (QED) is 0.632. The molecule has 3 aliphatic heterocycles. The van der Waals surface area contributed by atoms with Crippen LogP contribution in [0.3, 0.4) is 0 Å².